The first-order chi connectivity index (χ1) is 21.0. The second-order valence-corrected chi connectivity index (χ2v) is 16.0. The van der Waals surface area contributed by atoms with E-state index < -0.39 is 6.09 Å². The van der Waals surface area contributed by atoms with Crippen molar-refractivity contribution in [1.82, 2.24) is 15.3 Å². The normalized spacial score (nSPS) is 16.1. The number of ether oxygens (including phenoxy) is 2. The van der Waals surface area contributed by atoms with E-state index in [1.165, 1.54) is 51.4 Å². The molecule has 246 valence electrons. The van der Waals surface area contributed by atoms with Gasteiger partial charge in [-0.15, -0.1) is 0 Å². The van der Waals surface area contributed by atoms with E-state index in [1.54, 1.807) is 33.9 Å². The lowest BCUT2D eigenvalue weighted by atomic mass is 10.0. The Hall–Kier alpha value is -1.18. The van der Waals surface area contributed by atoms with Crippen LogP contribution in [0, 0.1) is 11.8 Å². The number of aromatic nitrogens is 2. The summed E-state index contributed by atoms with van der Waals surface area (Å²) in [6, 6.07) is 1.78. The van der Waals surface area contributed by atoms with Crippen LogP contribution >= 0.6 is 43.2 Å². The number of anilines is 2. The monoisotopic (exact) mass is 675 g/mol. The molecule has 43 heavy (non-hydrogen) atoms. The van der Waals surface area contributed by atoms with Crippen LogP contribution in [0.1, 0.15) is 85.5 Å². The highest BCUT2D eigenvalue weighted by Crippen LogP contribution is 2.28. The number of hydrogen-bond acceptors (Lipinski definition) is 11. The summed E-state index contributed by atoms with van der Waals surface area (Å²) in [6.07, 6.45) is 11.6. The van der Waals surface area contributed by atoms with Crippen LogP contribution in [-0.4, -0.2) is 77.5 Å². The standard InChI is InChI=1S/C30H53N5O4S4/c1-5-9-11-24(7-3)22-42-40-19-17-38-29(36)32-26-14-16-35(21-26)27-13-15-31-28(33-27)34-30(37)39-18-20-41-43-23-25(8-4)12-10-6-2/h13,15,24-26H,5-12,14,16-23H2,1-4H3,(H,32,36)(H,31,33,34,37)/t24-,25+,26+/m0/s1. The predicted octanol–water partition coefficient (Wildman–Crippen LogP) is 8.53. The highest BCUT2D eigenvalue weighted by atomic mass is 33.1. The molecule has 1 aromatic rings. The summed E-state index contributed by atoms with van der Waals surface area (Å²) >= 11 is 0. The van der Waals surface area contributed by atoms with Crippen molar-refractivity contribution in [3.8, 4) is 0 Å². The number of amides is 2. The zero-order chi connectivity index (χ0) is 31.1. The molecule has 1 aromatic heterocycles. The SMILES string of the molecule is CCCC[C@@H](CC)CSSCCOC(=O)Nc1nccc(N2CC[C@@H](NC(=O)OCCSSC[C@@H](CC)CCCC)C2)n1. The van der Waals surface area contributed by atoms with Gasteiger partial charge in [-0.25, -0.2) is 14.6 Å². The number of nitrogens with zero attached hydrogens (tertiary/aromatic N) is 3. The fourth-order valence-electron chi connectivity index (χ4n) is 4.55. The van der Waals surface area contributed by atoms with Crippen molar-refractivity contribution >= 4 is 67.1 Å². The maximum Gasteiger partial charge on any atom is 0.414 e. The zero-order valence-electron chi connectivity index (χ0n) is 26.5. The van der Waals surface area contributed by atoms with Gasteiger partial charge in [-0.3, -0.25) is 5.32 Å². The number of hydrogen-bond donors (Lipinski definition) is 2. The van der Waals surface area contributed by atoms with Crippen molar-refractivity contribution in [3.05, 3.63) is 12.3 Å². The minimum absolute atomic E-state index is 0.0237. The lowest BCUT2D eigenvalue weighted by molar-refractivity contribution is 0.150. The molecule has 1 aliphatic heterocycles. The molecule has 0 aliphatic carbocycles. The third kappa shape index (κ3) is 17.2. The van der Waals surface area contributed by atoms with Gasteiger partial charge in [-0.1, -0.05) is 109 Å². The van der Waals surface area contributed by atoms with Gasteiger partial charge in [-0.2, -0.15) is 4.98 Å². The van der Waals surface area contributed by atoms with Gasteiger partial charge in [0.15, 0.2) is 0 Å². The van der Waals surface area contributed by atoms with Crippen LogP contribution in [0.15, 0.2) is 12.3 Å². The third-order valence-corrected chi connectivity index (χ3v) is 12.4. The van der Waals surface area contributed by atoms with Crippen LogP contribution in [0.3, 0.4) is 0 Å². The molecule has 2 heterocycles. The molecule has 0 bridgehead atoms. The predicted molar refractivity (Wildman–Crippen MR) is 189 cm³/mol. The van der Waals surface area contributed by atoms with Crippen molar-refractivity contribution in [2.24, 2.45) is 11.8 Å². The van der Waals surface area contributed by atoms with Crippen molar-refractivity contribution in [2.75, 3.05) is 59.5 Å². The fourth-order valence-corrected chi connectivity index (χ4v) is 9.31. The molecule has 1 saturated heterocycles. The summed E-state index contributed by atoms with van der Waals surface area (Å²) in [5.41, 5.74) is 0. The molecule has 1 fully saturated rings. The van der Waals surface area contributed by atoms with Gasteiger partial charge in [0.05, 0.1) is 6.04 Å². The number of carbonyl (C=O) groups excluding carboxylic acids is 2. The molecule has 2 rings (SSSR count). The van der Waals surface area contributed by atoms with Crippen LogP contribution in [-0.2, 0) is 9.47 Å². The summed E-state index contributed by atoms with van der Waals surface area (Å²) in [6.45, 7) is 11.1. The molecule has 0 saturated carbocycles. The number of alkyl carbamates (subject to hydrolysis) is 1. The van der Waals surface area contributed by atoms with E-state index in [2.05, 4.69) is 53.2 Å². The quantitative estimate of drug-likeness (QED) is 0.0861. The van der Waals surface area contributed by atoms with Crippen LogP contribution in [0.2, 0.25) is 0 Å². The van der Waals surface area contributed by atoms with Crippen molar-refractivity contribution in [2.45, 2.75) is 91.5 Å². The van der Waals surface area contributed by atoms with Gasteiger partial charge >= 0.3 is 12.2 Å². The first-order valence-corrected chi connectivity index (χ1v) is 20.9. The largest absolute Gasteiger partial charge is 0.449 e. The van der Waals surface area contributed by atoms with E-state index in [-0.39, 0.29) is 18.1 Å². The van der Waals surface area contributed by atoms with E-state index in [4.69, 9.17) is 9.47 Å². The number of rotatable bonds is 23. The Balaban J connectivity index is 1.59. The Morgan fingerprint density at radius 3 is 2.12 bits per heavy atom. The summed E-state index contributed by atoms with van der Waals surface area (Å²) in [7, 11) is 7.27. The summed E-state index contributed by atoms with van der Waals surface area (Å²) in [4.78, 5) is 35.2. The highest BCUT2D eigenvalue weighted by molar-refractivity contribution is 8.77. The van der Waals surface area contributed by atoms with Gasteiger partial charge in [-0.05, 0) is 37.2 Å². The topological polar surface area (TPSA) is 106 Å². The molecule has 9 nitrogen and oxygen atoms in total. The Morgan fingerprint density at radius 1 is 0.930 bits per heavy atom. The van der Waals surface area contributed by atoms with E-state index in [0.717, 1.165) is 47.8 Å². The van der Waals surface area contributed by atoms with Gasteiger partial charge in [0.1, 0.15) is 19.0 Å². The number of unbranched alkanes of at least 4 members (excludes halogenated alkanes) is 2. The molecule has 0 spiro atoms. The molecular formula is C30H53N5O4S4. The molecule has 2 N–H and O–H groups in total. The molecule has 3 atom stereocenters. The Kier molecular flexibility index (Phi) is 21.3. The van der Waals surface area contributed by atoms with Crippen molar-refractivity contribution < 1.29 is 19.1 Å². The van der Waals surface area contributed by atoms with Gasteiger partial charge in [0.2, 0.25) is 5.95 Å². The highest BCUT2D eigenvalue weighted by Gasteiger charge is 2.25. The Morgan fingerprint density at radius 2 is 1.53 bits per heavy atom. The molecule has 0 aromatic carbocycles. The summed E-state index contributed by atoms with van der Waals surface area (Å²) < 4.78 is 10.7. The first kappa shape index (κ1) is 38.0. The average molecular weight is 676 g/mol. The molecule has 0 unspecified atom stereocenters. The third-order valence-electron chi connectivity index (χ3n) is 7.35. The van der Waals surface area contributed by atoms with E-state index in [9.17, 15) is 9.59 Å². The van der Waals surface area contributed by atoms with Gasteiger partial charge in [0, 0.05) is 42.3 Å². The maximum absolute atomic E-state index is 12.3. The fraction of sp³-hybridized carbons (Fsp3) is 0.800. The first-order valence-electron chi connectivity index (χ1n) is 15.9. The smallest absolute Gasteiger partial charge is 0.414 e. The van der Waals surface area contributed by atoms with Crippen molar-refractivity contribution in [3.63, 3.8) is 0 Å². The van der Waals surface area contributed by atoms with Gasteiger partial charge in [0.25, 0.3) is 0 Å². The second kappa shape index (κ2) is 24.1. The number of carbonyl (C=O) groups is 2. The minimum Gasteiger partial charge on any atom is -0.449 e. The molecule has 13 heteroatoms. The lowest BCUT2D eigenvalue weighted by Gasteiger charge is -2.18. The molecule has 1 aliphatic rings. The second-order valence-electron chi connectivity index (χ2n) is 10.8. The molecule has 0 radical (unpaired) electrons. The summed E-state index contributed by atoms with van der Waals surface area (Å²) in [5.74, 6) is 6.26. The zero-order valence-corrected chi connectivity index (χ0v) is 29.8. The number of nitrogens with one attached hydrogen (secondary N) is 2. The van der Waals surface area contributed by atoms with Gasteiger partial charge < -0.3 is 19.7 Å². The maximum atomic E-state index is 12.3. The average Bonchev–Trinajstić information content (AvgIpc) is 3.48. The summed E-state index contributed by atoms with van der Waals surface area (Å²) in [5, 5.41) is 5.59. The van der Waals surface area contributed by atoms with Crippen LogP contribution in [0.25, 0.3) is 0 Å². The molecular weight excluding hydrogens is 623 g/mol. The van der Waals surface area contributed by atoms with E-state index in [0.29, 0.717) is 25.6 Å². The van der Waals surface area contributed by atoms with E-state index in [1.807, 2.05) is 21.6 Å². The van der Waals surface area contributed by atoms with Crippen LogP contribution in [0.5, 0.6) is 0 Å². The Bertz CT molecular complexity index is 904. The van der Waals surface area contributed by atoms with Crippen molar-refractivity contribution in [1.29, 1.82) is 0 Å². The minimum atomic E-state index is -0.556. The molecule has 2 amide bonds. The van der Waals surface area contributed by atoms with Crippen LogP contribution in [0.4, 0.5) is 21.4 Å². The van der Waals surface area contributed by atoms with E-state index >= 15 is 0 Å². The van der Waals surface area contributed by atoms with Crippen LogP contribution < -0.4 is 15.5 Å². The lowest BCUT2D eigenvalue weighted by Crippen LogP contribution is -2.37. The Labute approximate surface area is 275 Å².